The highest BCUT2D eigenvalue weighted by Gasteiger charge is 2.07. The molecule has 2 unspecified atom stereocenters. The second-order valence-electron chi connectivity index (χ2n) is 3.37. The Hall–Kier alpha value is -1.13. The first-order valence-corrected chi connectivity index (χ1v) is 5.42. The topological polar surface area (TPSA) is 66.8 Å². The van der Waals surface area contributed by atoms with E-state index < -0.39 is 18.2 Å². The van der Waals surface area contributed by atoms with Crippen LogP contribution >= 0.6 is 0 Å². The fourth-order valence-corrected chi connectivity index (χ4v) is 1.19. The normalized spacial score (nSPS) is 15.5. The van der Waals surface area contributed by atoms with Crippen molar-refractivity contribution < 1.29 is 19.7 Å². The van der Waals surface area contributed by atoms with Gasteiger partial charge in [0.05, 0.1) is 18.8 Å². The van der Waals surface area contributed by atoms with Crippen LogP contribution in [0.5, 0.6) is 0 Å². The molecule has 0 amide bonds. The van der Waals surface area contributed by atoms with E-state index in [1.165, 1.54) is 6.08 Å². The van der Waals surface area contributed by atoms with Crippen LogP contribution in [0.3, 0.4) is 0 Å². The molecule has 0 aliphatic rings. The third-order valence-corrected chi connectivity index (χ3v) is 1.88. The quantitative estimate of drug-likeness (QED) is 0.390. The van der Waals surface area contributed by atoms with Crippen molar-refractivity contribution in [3.63, 3.8) is 0 Å². The Bertz CT molecular complexity index is 245. The van der Waals surface area contributed by atoms with Gasteiger partial charge < -0.3 is 14.9 Å². The van der Waals surface area contributed by atoms with Crippen molar-refractivity contribution in [2.75, 3.05) is 6.61 Å². The lowest BCUT2D eigenvalue weighted by Gasteiger charge is -2.10. The first-order valence-electron chi connectivity index (χ1n) is 5.42. The van der Waals surface area contributed by atoms with Gasteiger partial charge in [-0.15, -0.1) is 0 Å². The van der Waals surface area contributed by atoms with E-state index in [9.17, 15) is 15.0 Å². The molecule has 0 bridgehead atoms. The van der Waals surface area contributed by atoms with Crippen molar-refractivity contribution in [2.45, 2.75) is 38.9 Å². The van der Waals surface area contributed by atoms with Crippen molar-refractivity contribution in [3.8, 4) is 0 Å². The fourth-order valence-electron chi connectivity index (χ4n) is 1.19. The van der Waals surface area contributed by atoms with Crippen LogP contribution in [0.4, 0.5) is 0 Å². The van der Waals surface area contributed by atoms with Crippen LogP contribution in [0.15, 0.2) is 24.3 Å². The average Bonchev–Trinajstić information content (AvgIpc) is 2.18. The minimum absolute atomic E-state index is 0.261. The Labute approximate surface area is 96.2 Å². The SMILES string of the molecule is C/C=C/C(O)CC(O)C/C=C/C(=O)OCC. The van der Waals surface area contributed by atoms with Gasteiger partial charge in [0.25, 0.3) is 0 Å². The molecule has 0 saturated heterocycles. The van der Waals surface area contributed by atoms with Gasteiger partial charge in [-0.2, -0.15) is 0 Å². The smallest absolute Gasteiger partial charge is 0.330 e. The summed E-state index contributed by atoms with van der Waals surface area (Å²) in [6.07, 6.45) is 5.46. The molecule has 0 aliphatic heterocycles. The first kappa shape index (κ1) is 14.9. The molecule has 92 valence electrons. The van der Waals surface area contributed by atoms with Gasteiger partial charge in [0, 0.05) is 12.5 Å². The van der Waals surface area contributed by atoms with Crippen molar-refractivity contribution in [2.24, 2.45) is 0 Å². The maximum absolute atomic E-state index is 10.9. The van der Waals surface area contributed by atoms with Crippen molar-refractivity contribution in [1.29, 1.82) is 0 Å². The summed E-state index contributed by atoms with van der Waals surface area (Å²) in [5.74, 6) is -0.413. The zero-order chi connectivity index (χ0) is 12.4. The third-order valence-electron chi connectivity index (χ3n) is 1.88. The summed E-state index contributed by atoms with van der Waals surface area (Å²) in [6, 6.07) is 0. The molecule has 0 fully saturated rings. The van der Waals surface area contributed by atoms with Crippen molar-refractivity contribution >= 4 is 5.97 Å². The number of aliphatic hydroxyl groups is 2. The van der Waals surface area contributed by atoms with Gasteiger partial charge in [-0.05, 0) is 20.3 Å². The summed E-state index contributed by atoms with van der Waals surface area (Å²) in [5, 5.41) is 18.8. The zero-order valence-electron chi connectivity index (χ0n) is 9.80. The fraction of sp³-hybridized carbons (Fsp3) is 0.583. The van der Waals surface area contributed by atoms with E-state index >= 15 is 0 Å². The van der Waals surface area contributed by atoms with E-state index in [2.05, 4.69) is 4.74 Å². The molecule has 0 rings (SSSR count). The van der Waals surface area contributed by atoms with E-state index in [4.69, 9.17) is 0 Å². The largest absolute Gasteiger partial charge is 0.463 e. The second kappa shape index (κ2) is 9.12. The molecule has 2 atom stereocenters. The lowest BCUT2D eigenvalue weighted by Crippen LogP contribution is -2.15. The highest BCUT2D eigenvalue weighted by molar-refractivity contribution is 5.81. The van der Waals surface area contributed by atoms with Gasteiger partial charge in [0.15, 0.2) is 0 Å². The number of carbonyl (C=O) groups is 1. The molecular formula is C12H20O4. The third kappa shape index (κ3) is 8.20. The molecule has 0 aliphatic carbocycles. The molecule has 16 heavy (non-hydrogen) atoms. The van der Waals surface area contributed by atoms with E-state index in [1.54, 1.807) is 32.1 Å². The maximum Gasteiger partial charge on any atom is 0.330 e. The first-order chi connectivity index (χ1) is 7.60. The maximum atomic E-state index is 10.9. The standard InChI is InChI=1S/C12H20O4/c1-3-6-10(13)9-11(14)7-5-8-12(15)16-4-2/h3,5-6,8,10-11,13-14H,4,7,9H2,1-2H3/b6-3+,8-5+. The number of hydrogen-bond acceptors (Lipinski definition) is 4. The lowest BCUT2D eigenvalue weighted by atomic mass is 10.1. The predicted octanol–water partition coefficient (Wildman–Crippen LogP) is 1.18. The Morgan fingerprint density at radius 1 is 1.44 bits per heavy atom. The van der Waals surface area contributed by atoms with Gasteiger partial charge >= 0.3 is 5.97 Å². The minimum atomic E-state index is -0.656. The van der Waals surface area contributed by atoms with Crippen molar-refractivity contribution in [1.82, 2.24) is 0 Å². The van der Waals surface area contributed by atoms with Crippen LogP contribution < -0.4 is 0 Å². The van der Waals surface area contributed by atoms with Crippen LogP contribution in [-0.4, -0.2) is 35.0 Å². The summed E-state index contributed by atoms with van der Waals surface area (Å²) in [4.78, 5) is 10.9. The monoisotopic (exact) mass is 228 g/mol. The molecule has 0 spiro atoms. The minimum Gasteiger partial charge on any atom is -0.463 e. The van der Waals surface area contributed by atoms with E-state index in [0.29, 0.717) is 13.0 Å². The van der Waals surface area contributed by atoms with Crippen LogP contribution in [0.25, 0.3) is 0 Å². The number of esters is 1. The molecule has 4 nitrogen and oxygen atoms in total. The second-order valence-corrected chi connectivity index (χ2v) is 3.37. The Morgan fingerprint density at radius 2 is 2.12 bits per heavy atom. The van der Waals surface area contributed by atoms with E-state index in [-0.39, 0.29) is 6.42 Å². The van der Waals surface area contributed by atoms with Crippen LogP contribution in [0, 0.1) is 0 Å². The number of rotatable bonds is 7. The summed E-state index contributed by atoms with van der Waals surface area (Å²) in [5.41, 5.74) is 0. The van der Waals surface area contributed by atoms with Gasteiger partial charge in [0.1, 0.15) is 0 Å². The summed E-state index contributed by atoms with van der Waals surface area (Å²) >= 11 is 0. The van der Waals surface area contributed by atoms with Crippen molar-refractivity contribution in [3.05, 3.63) is 24.3 Å². The number of hydrogen-bond donors (Lipinski definition) is 2. The molecule has 0 aromatic carbocycles. The zero-order valence-corrected chi connectivity index (χ0v) is 9.80. The number of ether oxygens (including phenoxy) is 1. The number of aliphatic hydroxyl groups excluding tert-OH is 2. The van der Waals surface area contributed by atoms with Crippen LogP contribution in [0.2, 0.25) is 0 Å². The van der Waals surface area contributed by atoms with Gasteiger partial charge in [-0.25, -0.2) is 4.79 Å². The van der Waals surface area contributed by atoms with E-state index in [0.717, 1.165) is 0 Å². The van der Waals surface area contributed by atoms with Crippen LogP contribution in [0.1, 0.15) is 26.7 Å². The van der Waals surface area contributed by atoms with Gasteiger partial charge in [0.2, 0.25) is 0 Å². The Morgan fingerprint density at radius 3 is 2.69 bits per heavy atom. The summed E-state index contributed by atoms with van der Waals surface area (Å²) in [7, 11) is 0. The van der Waals surface area contributed by atoms with E-state index in [1.807, 2.05) is 0 Å². The molecule has 0 heterocycles. The highest BCUT2D eigenvalue weighted by Crippen LogP contribution is 2.04. The highest BCUT2D eigenvalue weighted by atomic mass is 16.5. The number of carbonyl (C=O) groups excluding carboxylic acids is 1. The lowest BCUT2D eigenvalue weighted by molar-refractivity contribution is -0.137. The summed E-state index contributed by atoms with van der Waals surface area (Å²) < 4.78 is 4.68. The molecule has 0 radical (unpaired) electrons. The number of allylic oxidation sites excluding steroid dienone is 1. The molecule has 0 aromatic heterocycles. The Kier molecular flexibility index (Phi) is 8.48. The van der Waals surface area contributed by atoms with Gasteiger partial charge in [-0.3, -0.25) is 0 Å². The van der Waals surface area contributed by atoms with Crippen LogP contribution in [-0.2, 0) is 9.53 Å². The Balaban J connectivity index is 3.79. The molecule has 0 saturated carbocycles. The summed E-state index contributed by atoms with van der Waals surface area (Å²) in [6.45, 7) is 3.87. The molecule has 0 aromatic rings. The molecule has 4 heteroatoms. The van der Waals surface area contributed by atoms with Gasteiger partial charge in [-0.1, -0.05) is 18.2 Å². The molecule has 2 N–H and O–H groups in total. The predicted molar refractivity (Wildman–Crippen MR) is 61.8 cm³/mol. The molecular weight excluding hydrogens is 208 g/mol. The average molecular weight is 228 g/mol.